The second-order valence-corrected chi connectivity index (χ2v) is 5.78. The highest BCUT2D eigenvalue weighted by molar-refractivity contribution is 5.79. The van der Waals surface area contributed by atoms with Gasteiger partial charge in [-0.2, -0.15) is 0 Å². The highest BCUT2D eigenvalue weighted by atomic mass is 19.1. The lowest BCUT2D eigenvalue weighted by atomic mass is 9.96. The summed E-state index contributed by atoms with van der Waals surface area (Å²) >= 11 is 0. The molecule has 6 heteroatoms. The van der Waals surface area contributed by atoms with Crippen LogP contribution in [0.2, 0.25) is 0 Å². The molecular weight excluding hydrogens is 325 g/mol. The second-order valence-electron chi connectivity index (χ2n) is 5.78. The van der Waals surface area contributed by atoms with Crippen molar-refractivity contribution in [3.05, 3.63) is 53.8 Å². The smallest absolute Gasteiger partial charge is 0.227 e. The minimum absolute atomic E-state index is 0.0656. The van der Waals surface area contributed by atoms with E-state index in [9.17, 15) is 9.18 Å². The summed E-state index contributed by atoms with van der Waals surface area (Å²) in [5, 5.41) is 2.84. The van der Waals surface area contributed by atoms with Crippen molar-refractivity contribution < 1.29 is 23.4 Å². The van der Waals surface area contributed by atoms with Gasteiger partial charge >= 0.3 is 0 Å². The number of fused-ring (bicyclic) bond motifs is 1. The molecule has 25 heavy (non-hydrogen) atoms. The first-order valence-corrected chi connectivity index (χ1v) is 8.11. The first-order chi connectivity index (χ1) is 12.2. The summed E-state index contributed by atoms with van der Waals surface area (Å²) in [4.78, 5) is 12.3. The lowest BCUT2D eigenvalue weighted by molar-refractivity contribution is -0.126. The van der Waals surface area contributed by atoms with Crippen molar-refractivity contribution in [2.75, 3.05) is 26.9 Å². The van der Waals surface area contributed by atoms with Gasteiger partial charge in [0.05, 0.1) is 19.6 Å². The van der Waals surface area contributed by atoms with Gasteiger partial charge < -0.3 is 19.5 Å². The van der Waals surface area contributed by atoms with Crippen LogP contribution in [0, 0.1) is 11.7 Å². The zero-order chi connectivity index (χ0) is 17.6. The van der Waals surface area contributed by atoms with Crippen LogP contribution < -0.4 is 19.5 Å². The third kappa shape index (κ3) is 4.41. The minimum Gasteiger partial charge on any atom is -0.497 e. The van der Waals surface area contributed by atoms with Gasteiger partial charge in [-0.15, -0.1) is 0 Å². The van der Waals surface area contributed by atoms with Gasteiger partial charge in [0, 0.05) is 6.07 Å². The highest BCUT2D eigenvalue weighted by Gasteiger charge is 2.26. The highest BCUT2D eigenvalue weighted by Crippen LogP contribution is 2.31. The lowest BCUT2D eigenvalue weighted by Gasteiger charge is -2.25. The van der Waals surface area contributed by atoms with Gasteiger partial charge in [0.2, 0.25) is 5.91 Å². The normalized spacial score (nSPS) is 15.7. The Morgan fingerprint density at radius 1 is 1.24 bits per heavy atom. The average molecular weight is 345 g/mol. The molecule has 0 spiro atoms. The van der Waals surface area contributed by atoms with Crippen molar-refractivity contribution in [3.63, 3.8) is 0 Å². The predicted octanol–water partition coefficient (Wildman–Crippen LogP) is 2.58. The van der Waals surface area contributed by atoms with E-state index in [4.69, 9.17) is 14.2 Å². The van der Waals surface area contributed by atoms with E-state index in [2.05, 4.69) is 5.32 Å². The molecule has 1 aliphatic rings. The van der Waals surface area contributed by atoms with E-state index in [0.29, 0.717) is 31.9 Å². The van der Waals surface area contributed by atoms with E-state index in [1.54, 1.807) is 19.2 Å². The van der Waals surface area contributed by atoms with Gasteiger partial charge in [-0.3, -0.25) is 4.79 Å². The number of hydrogen-bond acceptors (Lipinski definition) is 4. The van der Waals surface area contributed by atoms with E-state index in [-0.39, 0.29) is 17.6 Å². The topological polar surface area (TPSA) is 56.8 Å². The Labute approximate surface area is 145 Å². The summed E-state index contributed by atoms with van der Waals surface area (Å²) in [6.07, 6.45) is 0.629. The van der Waals surface area contributed by atoms with Gasteiger partial charge in [0.25, 0.3) is 0 Å². The van der Waals surface area contributed by atoms with E-state index in [0.717, 1.165) is 17.1 Å². The molecule has 0 unspecified atom stereocenters. The molecule has 132 valence electrons. The van der Waals surface area contributed by atoms with Crippen LogP contribution in [-0.2, 0) is 11.2 Å². The number of ether oxygens (including phenoxy) is 3. The fourth-order valence-electron chi connectivity index (χ4n) is 2.67. The van der Waals surface area contributed by atoms with Crippen molar-refractivity contribution in [3.8, 4) is 17.2 Å². The quantitative estimate of drug-likeness (QED) is 0.818. The number of carbonyl (C=O) groups excluding carboxylic acids is 1. The zero-order valence-electron chi connectivity index (χ0n) is 14.0. The standard InChI is InChI=1S/C19H20FNO4/c1-23-17-5-2-13-10-14(12-25-18(13)11-17)19(22)21-8-9-24-16-6-3-15(20)4-7-16/h2-7,11,14H,8-10,12H2,1H3,(H,21,22)/t14-/m1/s1. The summed E-state index contributed by atoms with van der Waals surface area (Å²) in [5.74, 6) is 1.47. The van der Waals surface area contributed by atoms with Crippen LogP contribution >= 0.6 is 0 Å². The number of nitrogens with one attached hydrogen (secondary N) is 1. The first kappa shape index (κ1) is 17.1. The monoisotopic (exact) mass is 345 g/mol. The van der Waals surface area contributed by atoms with E-state index in [1.807, 2.05) is 18.2 Å². The van der Waals surface area contributed by atoms with Crippen molar-refractivity contribution in [1.29, 1.82) is 0 Å². The minimum atomic E-state index is -0.309. The molecule has 1 heterocycles. The van der Waals surface area contributed by atoms with Crippen molar-refractivity contribution in [2.24, 2.45) is 5.92 Å². The summed E-state index contributed by atoms with van der Waals surface area (Å²) in [7, 11) is 1.61. The molecule has 1 atom stereocenters. The van der Waals surface area contributed by atoms with Crippen molar-refractivity contribution >= 4 is 5.91 Å². The molecule has 1 aliphatic heterocycles. The van der Waals surface area contributed by atoms with Crippen LogP contribution in [0.15, 0.2) is 42.5 Å². The fourth-order valence-corrected chi connectivity index (χ4v) is 2.67. The number of benzene rings is 2. The molecule has 0 radical (unpaired) electrons. The van der Waals surface area contributed by atoms with E-state index in [1.165, 1.54) is 12.1 Å². The zero-order valence-corrected chi connectivity index (χ0v) is 14.0. The molecule has 3 rings (SSSR count). The Balaban J connectivity index is 1.45. The third-order valence-electron chi connectivity index (χ3n) is 4.04. The van der Waals surface area contributed by atoms with Gasteiger partial charge in [-0.25, -0.2) is 4.39 Å². The van der Waals surface area contributed by atoms with E-state index >= 15 is 0 Å². The number of methoxy groups -OCH3 is 1. The molecule has 0 aromatic heterocycles. The molecule has 0 bridgehead atoms. The third-order valence-corrected chi connectivity index (χ3v) is 4.04. The average Bonchev–Trinajstić information content (AvgIpc) is 2.65. The molecule has 0 fully saturated rings. The molecule has 0 aliphatic carbocycles. The molecule has 0 saturated heterocycles. The number of amides is 1. The Morgan fingerprint density at radius 2 is 2.00 bits per heavy atom. The fraction of sp³-hybridized carbons (Fsp3) is 0.316. The SMILES string of the molecule is COc1ccc2c(c1)OC[C@H](C(=O)NCCOc1ccc(F)cc1)C2. The van der Waals surface area contributed by atoms with Gasteiger partial charge in [-0.1, -0.05) is 6.07 Å². The molecule has 1 N–H and O–H groups in total. The number of carbonyl (C=O) groups is 1. The van der Waals surface area contributed by atoms with Gasteiger partial charge in [0.1, 0.15) is 36.3 Å². The maximum absolute atomic E-state index is 12.8. The molecule has 0 saturated carbocycles. The van der Waals surface area contributed by atoms with Crippen LogP contribution in [0.3, 0.4) is 0 Å². The van der Waals surface area contributed by atoms with Gasteiger partial charge in [-0.05, 0) is 42.3 Å². The van der Waals surface area contributed by atoms with Crippen molar-refractivity contribution in [2.45, 2.75) is 6.42 Å². The largest absolute Gasteiger partial charge is 0.497 e. The number of rotatable bonds is 6. The van der Waals surface area contributed by atoms with Crippen LogP contribution in [0.25, 0.3) is 0 Å². The molecule has 1 amide bonds. The number of hydrogen-bond donors (Lipinski definition) is 1. The summed E-state index contributed by atoms with van der Waals surface area (Å²) in [6.45, 7) is 1.03. The molecular formula is C19H20FNO4. The number of halogens is 1. The van der Waals surface area contributed by atoms with Crippen LogP contribution in [0.1, 0.15) is 5.56 Å². The summed E-state index contributed by atoms with van der Waals surface area (Å²) in [6, 6.07) is 11.4. The first-order valence-electron chi connectivity index (χ1n) is 8.11. The van der Waals surface area contributed by atoms with Crippen LogP contribution in [0.5, 0.6) is 17.2 Å². The molecule has 2 aromatic carbocycles. The van der Waals surface area contributed by atoms with Crippen LogP contribution in [-0.4, -0.2) is 32.8 Å². The van der Waals surface area contributed by atoms with Crippen LogP contribution in [0.4, 0.5) is 4.39 Å². The van der Waals surface area contributed by atoms with E-state index < -0.39 is 0 Å². The maximum Gasteiger partial charge on any atom is 0.227 e. The lowest BCUT2D eigenvalue weighted by Crippen LogP contribution is -2.39. The van der Waals surface area contributed by atoms with Crippen molar-refractivity contribution in [1.82, 2.24) is 5.32 Å². The Bertz CT molecular complexity index is 733. The summed E-state index contributed by atoms with van der Waals surface area (Å²) < 4.78 is 29.1. The Hall–Kier alpha value is -2.76. The second kappa shape index (κ2) is 7.88. The maximum atomic E-state index is 12.8. The molecule has 2 aromatic rings. The molecule has 5 nitrogen and oxygen atoms in total. The Kier molecular flexibility index (Phi) is 5.38. The predicted molar refractivity (Wildman–Crippen MR) is 90.6 cm³/mol. The summed E-state index contributed by atoms with van der Waals surface area (Å²) in [5.41, 5.74) is 0.995. The van der Waals surface area contributed by atoms with Gasteiger partial charge in [0.15, 0.2) is 0 Å². The Morgan fingerprint density at radius 3 is 2.76 bits per heavy atom.